The molecule has 0 aliphatic rings. The molecule has 0 saturated carbocycles. The highest BCUT2D eigenvalue weighted by atomic mass is 32.1. The molecule has 135 valence electrons. The van der Waals surface area contributed by atoms with E-state index in [1.54, 1.807) is 6.92 Å². The van der Waals surface area contributed by atoms with Crippen molar-refractivity contribution in [2.75, 3.05) is 0 Å². The molecule has 0 aliphatic heterocycles. The molecule has 0 heterocycles. The van der Waals surface area contributed by atoms with Crippen molar-refractivity contribution in [1.29, 1.82) is 0 Å². The van der Waals surface area contributed by atoms with E-state index < -0.39 is 14.6 Å². The zero-order valence-corrected chi connectivity index (χ0v) is 18.0. The average molecular weight is 368 g/mol. The zero-order chi connectivity index (χ0) is 18.7. The number of ether oxygens (including phenoxy) is 1. The summed E-state index contributed by atoms with van der Waals surface area (Å²) >= 11 is 5.11. The van der Waals surface area contributed by atoms with Crippen LogP contribution in [0.15, 0.2) is 18.2 Å². The minimum absolute atomic E-state index is 0.0135. The van der Waals surface area contributed by atoms with Crippen molar-refractivity contribution in [3.8, 4) is 0 Å². The summed E-state index contributed by atoms with van der Waals surface area (Å²) in [7, 11) is -0.863. The Labute approximate surface area is 154 Å². The highest BCUT2D eigenvalue weighted by molar-refractivity contribution is 7.80. The van der Waals surface area contributed by atoms with Gasteiger partial charge >= 0.3 is 0 Å². The minimum Gasteiger partial charge on any atom is -0.477 e. The highest BCUT2D eigenvalue weighted by Gasteiger charge is 2.31. The van der Waals surface area contributed by atoms with Gasteiger partial charge in [-0.1, -0.05) is 26.8 Å². The highest BCUT2D eigenvalue weighted by Crippen LogP contribution is 2.39. The Morgan fingerprint density at radius 3 is 2.17 bits per heavy atom. The summed E-state index contributed by atoms with van der Waals surface area (Å²) in [6.45, 7) is 16.6. The van der Waals surface area contributed by atoms with E-state index in [9.17, 15) is 5.11 Å². The average Bonchev–Trinajstić information content (AvgIpc) is 2.41. The number of aliphatic hydroxyl groups excluding tert-OH is 1. The maximum absolute atomic E-state index is 9.70. The van der Waals surface area contributed by atoms with Crippen LogP contribution in [-0.2, 0) is 21.4 Å². The summed E-state index contributed by atoms with van der Waals surface area (Å²) in [6.07, 6.45) is -0.0315. The van der Waals surface area contributed by atoms with Crippen LogP contribution in [0, 0.1) is 5.41 Å². The van der Waals surface area contributed by atoms with E-state index in [4.69, 9.17) is 21.4 Å². The summed E-state index contributed by atoms with van der Waals surface area (Å²) in [6, 6.07) is 6.13. The van der Waals surface area contributed by atoms with Crippen LogP contribution in [0.2, 0.25) is 13.1 Å². The van der Waals surface area contributed by atoms with Crippen LogP contribution in [0.25, 0.3) is 0 Å². The van der Waals surface area contributed by atoms with Gasteiger partial charge in [0, 0.05) is 6.92 Å². The van der Waals surface area contributed by atoms with E-state index in [0.29, 0.717) is 5.05 Å². The topological polar surface area (TPSA) is 38.7 Å². The van der Waals surface area contributed by atoms with Crippen molar-refractivity contribution in [3.05, 3.63) is 34.9 Å². The Balaban J connectivity index is 3.42. The van der Waals surface area contributed by atoms with Crippen LogP contribution in [0.1, 0.15) is 64.3 Å². The van der Waals surface area contributed by atoms with Gasteiger partial charge in [0.2, 0.25) is 9.04 Å². The SMILES string of the molecule is CC(=S)OC(C)(C)c1cc(CO)cc(C(O[Si](C)C)C(C)(C)C)c1. The normalized spacial score (nSPS) is 13.9. The summed E-state index contributed by atoms with van der Waals surface area (Å²) in [4.78, 5) is 0. The molecule has 1 aromatic rings. The van der Waals surface area contributed by atoms with Crippen molar-refractivity contribution in [2.45, 2.75) is 72.9 Å². The zero-order valence-electron chi connectivity index (χ0n) is 16.2. The molecule has 24 heavy (non-hydrogen) atoms. The molecule has 1 N–H and O–H groups in total. The molecule has 1 unspecified atom stereocenters. The van der Waals surface area contributed by atoms with Crippen LogP contribution in [0.3, 0.4) is 0 Å². The lowest BCUT2D eigenvalue weighted by Crippen LogP contribution is -2.28. The van der Waals surface area contributed by atoms with Gasteiger partial charge < -0.3 is 14.3 Å². The number of thiocarbonyl (C=S) groups is 1. The number of rotatable bonds is 6. The molecule has 0 spiro atoms. The standard InChI is InChI=1S/C19H31O3SSi/c1-13(23)21-19(5,6)16-10-14(12-20)9-15(11-16)17(18(2,3)4)22-24(7)8/h9-11,17,20H,12H2,1-8H3. The van der Waals surface area contributed by atoms with Crippen molar-refractivity contribution in [3.63, 3.8) is 0 Å². The van der Waals surface area contributed by atoms with Crippen molar-refractivity contribution in [2.24, 2.45) is 5.41 Å². The maximum atomic E-state index is 9.70. The molecule has 0 amide bonds. The molecule has 5 heteroatoms. The van der Waals surface area contributed by atoms with Crippen LogP contribution in [-0.4, -0.2) is 19.2 Å². The lowest BCUT2D eigenvalue weighted by atomic mass is 9.82. The molecule has 0 bridgehead atoms. The first-order chi connectivity index (χ1) is 10.9. The van der Waals surface area contributed by atoms with E-state index in [1.807, 2.05) is 26.0 Å². The second kappa shape index (κ2) is 8.08. The van der Waals surface area contributed by atoms with Crippen molar-refractivity contribution < 1.29 is 14.3 Å². The fourth-order valence-electron chi connectivity index (χ4n) is 2.71. The molecule has 0 fully saturated rings. The van der Waals surface area contributed by atoms with Crippen LogP contribution in [0.5, 0.6) is 0 Å². The third-order valence-corrected chi connectivity index (χ3v) is 4.53. The maximum Gasteiger partial charge on any atom is 0.205 e. The van der Waals surface area contributed by atoms with E-state index in [0.717, 1.165) is 16.7 Å². The van der Waals surface area contributed by atoms with Gasteiger partial charge in [0.1, 0.15) is 5.60 Å². The predicted molar refractivity (Wildman–Crippen MR) is 106 cm³/mol. The first-order valence-electron chi connectivity index (χ1n) is 8.28. The second-order valence-electron chi connectivity index (χ2n) is 8.00. The molecule has 1 atom stereocenters. The van der Waals surface area contributed by atoms with Gasteiger partial charge in [-0.2, -0.15) is 0 Å². The largest absolute Gasteiger partial charge is 0.477 e. The lowest BCUT2D eigenvalue weighted by Gasteiger charge is -2.34. The van der Waals surface area contributed by atoms with Gasteiger partial charge in [0.25, 0.3) is 0 Å². The smallest absolute Gasteiger partial charge is 0.205 e. The first-order valence-corrected chi connectivity index (χ1v) is 11.1. The Morgan fingerprint density at radius 1 is 1.17 bits per heavy atom. The number of hydrogen-bond acceptors (Lipinski definition) is 4. The Bertz CT molecular complexity index is 576. The van der Waals surface area contributed by atoms with Gasteiger partial charge in [-0.3, -0.25) is 0 Å². The van der Waals surface area contributed by atoms with Gasteiger partial charge in [-0.25, -0.2) is 0 Å². The van der Waals surface area contributed by atoms with Crippen molar-refractivity contribution >= 4 is 26.3 Å². The van der Waals surface area contributed by atoms with Gasteiger partial charge in [0.15, 0.2) is 5.05 Å². The molecule has 0 aliphatic carbocycles. The summed E-state index contributed by atoms with van der Waals surface area (Å²) in [5.41, 5.74) is 2.33. The van der Waals surface area contributed by atoms with E-state index in [-0.39, 0.29) is 18.1 Å². The molecule has 0 saturated heterocycles. The molecule has 1 rings (SSSR count). The third-order valence-electron chi connectivity index (χ3n) is 3.73. The van der Waals surface area contributed by atoms with Gasteiger partial charge in [0.05, 0.1) is 12.7 Å². The number of aliphatic hydroxyl groups is 1. The van der Waals surface area contributed by atoms with E-state index >= 15 is 0 Å². The Kier molecular flexibility index (Phi) is 7.17. The number of benzene rings is 1. The molecular formula is C19H31O3SSi. The van der Waals surface area contributed by atoms with Gasteiger partial charge in [-0.15, -0.1) is 0 Å². The van der Waals surface area contributed by atoms with Crippen LogP contribution >= 0.6 is 12.2 Å². The monoisotopic (exact) mass is 367 g/mol. The summed E-state index contributed by atoms with van der Waals surface area (Å²) in [5.74, 6) is 0. The summed E-state index contributed by atoms with van der Waals surface area (Å²) in [5, 5.41) is 10.2. The van der Waals surface area contributed by atoms with E-state index in [2.05, 4.69) is 39.9 Å². The Morgan fingerprint density at radius 2 is 1.75 bits per heavy atom. The molecule has 0 aromatic heterocycles. The molecular weight excluding hydrogens is 336 g/mol. The third kappa shape index (κ3) is 5.95. The second-order valence-corrected chi connectivity index (χ2v) is 10.6. The molecule has 1 aromatic carbocycles. The van der Waals surface area contributed by atoms with E-state index in [1.165, 1.54) is 0 Å². The first kappa shape index (κ1) is 21.3. The molecule has 3 nitrogen and oxygen atoms in total. The summed E-state index contributed by atoms with van der Waals surface area (Å²) < 4.78 is 12.1. The van der Waals surface area contributed by atoms with Crippen molar-refractivity contribution in [1.82, 2.24) is 0 Å². The lowest BCUT2D eigenvalue weighted by molar-refractivity contribution is 0.0832. The van der Waals surface area contributed by atoms with Crippen LogP contribution in [0.4, 0.5) is 0 Å². The van der Waals surface area contributed by atoms with Gasteiger partial charge in [-0.05, 0) is 73.4 Å². The predicted octanol–water partition coefficient (Wildman–Crippen LogP) is 5.13. The Hall–Kier alpha value is -0.753. The fraction of sp³-hybridized carbons (Fsp3) is 0.632. The number of hydrogen-bond donors (Lipinski definition) is 1. The minimum atomic E-state index is -0.863. The molecule has 1 radical (unpaired) electrons. The van der Waals surface area contributed by atoms with Crippen LogP contribution < -0.4 is 0 Å². The quantitative estimate of drug-likeness (QED) is 0.558. The fourth-order valence-corrected chi connectivity index (χ4v) is 3.88.